The Labute approximate surface area is 869 Å². The van der Waals surface area contributed by atoms with Gasteiger partial charge < -0.3 is 19.1 Å². The summed E-state index contributed by atoms with van der Waals surface area (Å²) >= 11 is 0. The lowest BCUT2D eigenvalue weighted by Crippen LogP contribution is -2.17. The predicted molar refractivity (Wildman–Crippen MR) is 630 cm³/mol. The zero-order chi connectivity index (χ0) is 98.9. The summed E-state index contributed by atoms with van der Waals surface area (Å²) in [5.74, 6) is 2.05. The van der Waals surface area contributed by atoms with E-state index in [0.717, 1.165) is 50.4 Å². The topological polar surface area (TPSA) is 22.9 Å². The predicted octanol–water partition coefficient (Wildman–Crippen LogP) is 41.7. The molecule has 23 aromatic rings. The maximum atomic E-state index is 6.42. The monoisotopic (exact) mass is 1910 g/mol. The number of fused-ring (bicyclic) bond motifs is 15. The molecule has 0 spiro atoms. The first-order chi connectivity index (χ1) is 72.9. The minimum Gasteiger partial charge on any atom is -0.456 e. The van der Waals surface area contributed by atoms with Crippen LogP contribution in [0.15, 0.2) is 465 Å². The van der Waals surface area contributed by atoms with E-state index in [1.165, 1.54) is 289 Å². The molecule has 0 atom stereocenters. The van der Waals surface area contributed by atoms with Crippen molar-refractivity contribution in [2.45, 2.75) is 153 Å². The van der Waals surface area contributed by atoms with Gasteiger partial charge in [0.1, 0.15) is 11.2 Å². The van der Waals surface area contributed by atoms with Crippen LogP contribution in [0.3, 0.4) is 0 Å². The van der Waals surface area contributed by atoms with E-state index in [1.807, 2.05) is 6.07 Å². The molecule has 0 saturated heterocycles. The first-order valence-electron chi connectivity index (χ1n) is 54.1. The van der Waals surface area contributed by atoms with E-state index in [0.29, 0.717) is 17.8 Å². The van der Waals surface area contributed by atoms with E-state index in [9.17, 15) is 0 Å². The molecule has 0 bridgehead atoms. The number of nitrogens with zero attached hydrogens (tertiary/aromatic N) is 3. The van der Waals surface area contributed by atoms with Crippen molar-refractivity contribution in [2.75, 3.05) is 14.7 Å². The number of anilines is 9. The molecule has 0 N–H and O–H groups in total. The van der Waals surface area contributed by atoms with Crippen molar-refractivity contribution in [2.24, 2.45) is 0 Å². The number of para-hydroxylation sites is 1. The number of furan rings is 1. The van der Waals surface area contributed by atoms with Crippen molar-refractivity contribution in [3.8, 4) is 66.8 Å². The summed E-state index contributed by atoms with van der Waals surface area (Å²) in [6, 6.07) is 172. The number of hydrogen-bond acceptors (Lipinski definition) is 4. The Bertz CT molecular complexity index is 8970. The minimum atomic E-state index is -0.0804. The summed E-state index contributed by atoms with van der Waals surface area (Å²) in [5, 5.41) is 17.3. The van der Waals surface area contributed by atoms with Crippen LogP contribution in [0.4, 0.5) is 51.2 Å². The van der Waals surface area contributed by atoms with Crippen LogP contribution in [0.1, 0.15) is 181 Å². The molecule has 5 aliphatic rings. The van der Waals surface area contributed by atoms with Gasteiger partial charge in [0, 0.05) is 78.5 Å². The maximum Gasteiger partial charge on any atom is 0.137 e. The van der Waals surface area contributed by atoms with Gasteiger partial charge in [-0.2, -0.15) is 0 Å². The smallest absolute Gasteiger partial charge is 0.137 e. The summed E-state index contributed by atoms with van der Waals surface area (Å²) in [6.07, 6.45) is 20.1. The number of benzene rings is 22. The van der Waals surface area contributed by atoms with Gasteiger partial charge in [-0.25, -0.2) is 0 Å². The molecular formula is C144H121N3O. The van der Waals surface area contributed by atoms with Crippen LogP contribution in [-0.2, 0) is 10.8 Å². The molecule has 5 aliphatic carbocycles. The average molecular weight is 1910 g/mol. The van der Waals surface area contributed by atoms with E-state index in [-0.39, 0.29) is 10.8 Å². The van der Waals surface area contributed by atoms with Gasteiger partial charge in [-0.1, -0.05) is 425 Å². The SMILES string of the molecule is CC1(C)c2ccccc2-c2cc(N(c3ccc(-c4ccc(C5CCCCC5)cc4)cc3)c3ccc4ccccc4c3-c3ccc4ccccc4c3)ccc21.CC1(C)c2ccccc2-c2ccc(N(c3ccc(C4CCCCC4)cc3)c3ccc4ccccc4c3-c3ccc4ccccc4c3)cc21.c1ccc2cc(-c3c(N(c4ccc(C5CCCCC5)cc4)c4ccc5c(c4)oc4ccccc45)ccc4ccccc34)ccc2c1. The van der Waals surface area contributed by atoms with Crippen LogP contribution >= 0.6 is 0 Å². The minimum absolute atomic E-state index is 0.0529. The zero-order valence-electron chi connectivity index (χ0n) is 85.0. The fourth-order valence-corrected chi connectivity index (χ4v) is 25.9. The van der Waals surface area contributed by atoms with Crippen molar-refractivity contribution in [3.63, 3.8) is 0 Å². The fraction of sp³-hybridized carbons (Fsp3) is 0.167. The molecule has 4 nitrogen and oxygen atoms in total. The average Bonchev–Trinajstić information content (AvgIpc) is 1.55. The van der Waals surface area contributed by atoms with Crippen molar-refractivity contribution < 1.29 is 4.42 Å². The third-order valence-corrected chi connectivity index (χ3v) is 33.7. The molecule has 0 amide bonds. The number of rotatable bonds is 16. The summed E-state index contributed by atoms with van der Waals surface area (Å²) < 4.78 is 6.42. The molecule has 148 heavy (non-hydrogen) atoms. The summed E-state index contributed by atoms with van der Waals surface area (Å²) in [7, 11) is 0. The van der Waals surface area contributed by atoms with E-state index in [4.69, 9.17) is 4.42 Å². The standard InChI is InChI=1S/C53H45N.C47H41N.C44H35NO/c1-53(2)49-19-11-10-18-47(49)48-35-45(31-32-50(48)53)54(44-29-26-40(27-30-44)39-22-20-38(21-23-39)36-12-4-3-5-13-36)51-33-28-41-15-8-9-17-46(41)52(51)43-25-24-37-14-6-7-16-42(37)34-43;1-47(2)43-19-11-10-18-41(43)42-28-27-39(31-44(42)47)48(38-25-22-34(23-26-38)32-12-4-3-5-13-32)45-29-24-35-15-8-9-17-40(35)46(45)37-21-20-33-14-6-7-16-36(33)30-37;1-2-10-30(11-3-1)32-20-23-36(24-21-32)45(37-25-26-40-39-16-8-9-17-42(39)46-43(40)29-37)41-27-22-33-13-6-7-15-38(33)44(41)35-19-18-31-12-4-5-14-34(31)28-35/h6-11,14-36H,3-5,12-13H2,1-2H3;6-11,14-32H,3-5,12-13H2,1-2H3;4-9,12-30H,1-3,10-11H2. The third-order valence-electron chi connectivity index (χ3n) is 33.7. The van der Waals surface area contributed by atoms with Crippen LogP contribution in [0.2, 0.25) is 0 Å². The molecule has 3 fully saturated rings. The third kappa shape index (κ3) is 16.9. The second kappa shape index (κ2) is 38.9. The second-order valence-corrected chi connectivity index (χ2v) is 43.2. The largest absolute Gasteiger partial charge is 0.456 e. The summed E-state index contributed by atoms with van der Waals surface area (Å²) in [6.45, 7) is 9.47. The van der Waals surface area contributed by atoms with Crippen molar-refractivity contribution >= 4 is 138 Å². The van der Waals surface area contributed by atoms with Crippen LogP contribution in [0.5, 0.6) is 0 Å². The van der Waals surface area contributed by atoms with Gasteiger partial charge in [0.15, 0.2) is 0 Å². The van der Waals surface area contributed by atoms with Crippen molar-refractivity contribution in [1.29, 1.82) is 0 Å². The van der Waals surface area contributed by atoms with Gasteiger partial charge in [0.2, 0.25) is 0 Å². The molecule has 718 valence electrons. The molecule has 0 aliphatic heterocycles. The van der Waals surface area contributed by atoms with E-state index < -0.39 is 0 Å². The second-order valence-electron chi connectivity index (χ2n) is 43.2. The summed E-state index contributed by atoms with van der Waals surface area (Å²) in [5.41, 5.74) is 37.4. The fourth-order valence-electron chi connectivity index (χ4n) is 25.9. The van der Waals surface area contributed by atoms with Gasteiger partial charge in [-0.15, -0.1) is 0 Å². The quantitative estimate of drug-likeness (QED) is 0.0962. The molecule has 4 heteroatoms. The van der Waals surface area contributed by atoms with Crippen LogP contribution in [0.25, 0.3) is 153 Å². The Balaban J connectivity index is 0.000000113. The van der Waals surface area contributed by atoms with E-state index >= 15 is 0 Å². The van der Waals surface area contributed by atoms with E-state index in [1.54, 1.807) is 0 Å². The lowest BCUT2D eigenvalue weighted by Gasteiger charge is -2.31. The van der Waals surface area contributed by atoms with Crippen LogP contribution in [-0.4, -0.2) is 0 Å². The van der Waals surface area contributed by atoms with Gasteiger partial charge >= 0.3 is 0 Å². The summed E-state index contributed by atoms with van der Waals surface area (Å²) in [4.78, 5) is 7.43. The zero-order valence-corrected chi connectivity index (χ0v) is 85.0. The van der Waals surface area contributed by atoms with Crippen molar-refractivity contribution in [1.82, 2.24) is 0 Å². The Kier molecular flexibility index (Phi) is 24.0. The van der Waals surface area contributed by atoms with Gasteiger partial charge in [0.25, 0.3) is 0 Å². The number of hydrogen-bond donors (Lipinski definition) is 0. The molecular weight excluding hydrogens is 1790 g/mol. The lowest BCUT2D eigenvalue weighted by molar-refractivity contribution is 0.443. The Morgan fingerprint density at radius 3 is 0.919 bits per heavy atom. The highest BCUT2D eigenvalue weighted by atomic mass is 16.3. The van der Waals surface area contributed by atoms with Crippen molar-refractivity contribution in [3.05, 3.63) is 500 Å². The molecule has 0 unspecified atom stereocenters. The molecule has 22 aromatic carbocycles. The first kappa shape index (κ1) is 91.5. The van der Waals surface area contributed by atoms with Gasteiger partial charge in [0.05, 0.1) is 17.1 Å². The Morgan fingerprint density at radius 1 is 0.189 bits per heavy atom. The van der Waals surface area contributed by atoms with Crippen LogP contribution in [0, 0.1) is 0 Å². The molecule has 0 radical (unpaired) electrons. The molecule has 1 aromatic heterocycles. The van der Waals surface area contributed by atoms with E-state index in [2.05, 4.69) is 497 Å². The Morgan fingerprint density at radius 2 is 0.480 bits per heavy atom. The maximum absolute atomic E-state index is 6.42. The highest BCUT2D eigenvalue weighted by Gasteiger charge is 2.39. The highest BCUT2D eigenvalue weighted by Crippen LogP contribution is 2.57. The highest BCUT2D eigenvalue weighted by molar-refractivity contribution is 6.12. The van der Waals surface area contributed by atoms with Gasteiger partial charge in [-0.3, -0.25) is 0 Å². The molecule has 1 heterocycles. The van der Waals surface area contributed by atoms with Gasteiger partial charge in [-0.05, 0) is 325 Å². The lowest BCUT2D eigenvalue weighted by atomic mass is 9.82. The normalized spacial score (nSPS) is 14.8. The van der Waals surface area contributed by atoms with Crippen LogP contribution < -0.4 is 14.7 Å². The Hall–Kier alpha value is -16.4. The first-order valence-corrected chi connectivity index (χ1v) is 54.1. The molecule has 28 rings (SSSR count). The molecule has 3 saturated carbocycles.